The highest BCUT2D eigenvalue weighted by Gasteiger charge is 2.08. The van der Waals surface area contributed by atoms with Gasteiger partial charge in [0.15, 0.2) is 0 Å². The molecular weight excluding hydrogens is 329 g/mol. The van der Waals surface area contributed by atoms with Crippen LogP contribution in [0.2, 0.25) is 15.1 Å². The molecule has 0 aliphatic heterocycles. The number of nitrogens with two attached hydrogens (primary N) is 1. The molecule has 110 valence electrons. The van der Waals surface area contributed by atoms with Gasteiger partial charge in [0.2, 0.25) is 0 Å². The Kier molecular flexibility index (Phi) is 5.34. The van der Waals surface area contributed by atoms with Crippen LogP contribution in [0.1, 0.15) is 18.9 Å². The third-order valence-corrected chi connectivity index (χ3v) is 3.98. The molecular formula is C15H14Cl3N3. The molecule has 3 N–H and O–H groups in total. The van der Waals surface area contributed by atoms with E-state index < -0.39 is 0 Å². The van der Waals surface area contributed by atoms with Gasteiger partial charge in [0.25, 0.3) is 0 Å². The first-order valence-corrected chi connectivity index (χ1v) is 7.48. The lowest BCUT2D eigenvalue weighted by Gasteiger charge is -2.10. The summed E-state index contributed by atoms with van der Waals surface area (Å²) in [6, 6.07) is 10.6. The lowest BCUT2D eigenvalue weighted by Crippen LogP contribution is -2.07. The lowest BCUT2D eigenvalue weighted by molar-refractivity contribution is 1.22. The van der Waals surface area contributed by atoms with Crippen molar-refractivity contribution in [1.29, 1.82) is 0 Å². The van der Waals surface area contributed by atoms with Crippen molar-refractivity contribution in [1.82, 2.24) is 0 Å². The van der Waals surface area contributed by atoms with Crippen molar-refractivity contribution >= 4 is 51.9 Å². The molecule has 6 heteroatoms. The fraction of sp³-hybridized carbons (Fsp3) is 0.133. The van der Waals surface area contributed by atoms with Crippen molar-refractivity contribution in [3.05, 3.63) is 57.0 Å². The van der Waals surface area contributed by atoms with Gasteiger partial charge in [-0.05, 0) is 36.8 Å². The summed E-state index contributed by atoms with van der Waals surface area (Å²) in [5.41, 5.74) is 11.7. The van der Waals surface area contributed by atoms with Gasteiger partial charge in [-0.3, -0.25) is 5.43 Å². The van der Waals surface area contributed by atoms with Gasteiger partial charge in [-0.2, -0.15) is 5.10 Å². The molecule has 3 nitrogen and oxygen atoms in total. The number of hydrazone groups is 1. The molecule has 0 aliphatic rings. The number of anilines is 2. The number of nitrogens with one attached hydrogen (secondary N) is 1. The predicted octanol–water partition coefficient (Wildman–Crippen LogP) is 5.46. The van der Waals surface area contributed by atoms with E-state index in [2.05, 4.69) is 10.5 Å². The van der Waals surface area contributed by atoms with Gasteiger partial charge >= 0.3 is 0 Å². The van der Waals surface area contributed by atoms with E-state index in [1.165, 1.54) is 0 Å². The third kappa shape index (κ3) is 3.82. The van der Waals surface area contributed by atoms with Crippen LogP contribution in [0.4, 0.5) is 11.4 Å². The van der Waals surface area contributed by atoms with Crippen molar-refractivity contribution in [3.63, 3.8) is 0 Å². The smallest absolute Gasteiger partial charge is 0.0842 e. The van der Waals surface area contributed by atoms with E-state index in [1.807, 2.05) is 6.92 Å². The maximum atomic E-state index is 6.11. The van der Waals surface area contributed by atoms with Gasteiger partial charge in [0, 0.05) is 16.3 Å². The standard InChI is InChI=1S/C15H14Cl3N3/c1-2-13(10-8-9(16)6-7-12(10)19)20-21-14-5-3-4-11(17)15(14)18/h3-8,21H,2,19H2,1H3/b20-13+. The molecule has 0 unspecified atom stereocenters. The van der Waals surface area contributed by atoms with E-state index in [1.54, 1.807) is 36.4 Å². The molecule has 2 rings (SSSR count). The van der Waals surface area contributed by atoms with E-state index >= 15 is 0 Å². The molecule has 0 aliphatic carbocycles. The predicted molar refractivity (Wildman–Crippen MR) is 92.8 cm³/mol. The minimum atomic E-state index is 0.428. The van der Waals surface area contributed by atoms with Crippen molar-refractivity contribution in [2.75, 3.05) is 11.2 Å². The topological polar surface area (TPSA) is 50.4 Å². The molecule has 0 aromatic heterocycles. The first kappa shape index (κ1) is 16.0. The molecule has 0 bridgehead atoms. The highest BCUT2D eigenvalue weighted by atomic mass is 35.5. The normalized spacial score (nSPS) is 11.5. The number of rotatable bonds is 4. The first-order valence-electron chi connectivity index (χ1n) is 6.35. The molecule has 0 saturated carbocycles. The molecule has 2 aromatic carbocycles. The lowest BCUT2D eigenvalue weighted by atomic mass is 10.1. The summed E-state index contributed by atoms with van der Waals surface area (Å²) < 4.78 is 0. The van der Waals surface area contributed by atoms with Gasteiger partial charge in [-0.15, -0.1) is 0 Å². The Morgan fingerprint density at radius 1 is 1.19 bits per heavy atom. The van der Waals surface area contributed by atoms with Gasteiger partial charge in [0.1, 0.15) is 0 Å². The van der Waals surface area contributed by atoms with Crippen LogP contribution in [0.25, 0.3) is 0 Å². The fourth-order valence-corrected chi connectivity index (χ4v) is 2.34. The van der Waals surface area contributed by atoms with Crippen LogP contribution in [0.15, 0.2) is 41.5 Å². The molecule has 0 fully saturated rings. The number of hydrogen-bond donors (Lipinski definition) is 2. The highest BCUT2D eigenvalue weighted by Crippen LogP contribution is 2.29. The largest absolute Gasteiger partial charge is 0.398 e. The minimum Gasteiger partial charge on any atom is -0.398 e. The van der Waals surface area contributed by atoms with E-state index in [9.17, 15) is 0 Å². The Morgan fingerprint density at radius 3 is 2.67 bits per heavy atom. The number of nitrogens with zero attached hydrogens (tertiary/aromatic N) is 1. The van der Waals surface area contributed by atoms with Gasteiger partial charge < -0.3 is 5.73 Å². The average molecular weight is 343 g/mol. The molecule has 0 heterocycles. The highest BCUT2D eigenvalue weighted by molar-refractivity contribution is 6.43. The molecule has 0 amide bonds. The quantitative estimate of drug-likeness (QED) is 0.440. The molecule has 21 heavy (non-hydrogen) atoms. The van der Waals surface area contributed by atoms with E-state index in [-0.39, 0.29) is 0 Å². The van der Waals surface area contributed by atoms with Gasteiger partial charge in [0.05, 0.1) is 21.4 Å². The summed E-state index contributed by atoms with van der Waals surface area (Å²) in [4.78, 5) is 0. The van der Waals surface area contributed by atoms with Crippen LogP contribution < -0.4 is 11.2 Å². The van der Waals surface area contributed by atoms with Crippen LogP contribution >= 0.6 is 34.8 Å². The summed E-state index contributed by atoms with van der Waals surface area (Å²) >= 11 is 18.1. The second-order valence-corrected chi connectivity index (χ2v) is 5.58. The SMILES string of the molecule is CC/C(=N\Nc1cccc(Cl)c1Cl)c1cc(Cl)ccc1N. The molecule has 0 spiro atoms. The monoisotopic (exact) mass is 341 g/mol. The van der Waals surface area contributed by atoms with Crippen LogP contribution in [-0.4, -0.2) is 5.71 Å². The van der Waals surface area contributed by atoms with Crippen LogP contribution in [0, 0.1) is 0 Å². The number of benzene rings is 2. The van der Waals surface area contributed by atoms with Gasteiger partial charge in [-0.1, -0.05) is 47.8 Å². The number of hydrogen-bond acceptors (Lipinski definition) is 3. The Balaban J connectivity index is 2.33. The molecule has 0 atom stereocenters. The Bertz CT molecular complexity index is 684. The summed E-state index contributed by atoms with van der Waals surface area (Å²) in [5.74, 6) is 0. The zero-order chi connectivity index (χ0) is 15.4. The second kappa shape index (κ2) is 7.03. The zero-order valence-corrected chi connectivity index (χ0v) is 13.6. The maximum absolute atomic E-state index is 6.11. The summed E-state index contributed by atoms with van der Waals surface area (Å²) in [6.45, 7) is 1.99. The second-order valence-electron chi connectivity index (χ2n) is 4.36. The van der Waals surface area contributed by atoms with E-state index in [0.717, 1.165) is 11.3 Å². The third-order valence-electron chi connectivity index (χ3n) is 2.92. The van der Waals surface area contributed by atoms with E-state index in [4.69, 9.17) is 40.5 Å². The molecule has 2 aromatic rings. The summed E-state index contributed by atoms with van der Waals surface area (Å²) in [6.07, 6.45) is 0.690. The van der Waals surface area contributed by atoms with Crippen LogP contribution in [0.3, 0.4) is 0 Å². The van der Waals surface area contributed by atoms with Crippen LogP contribution in [0.5, 0.6) is 0 Å². The number of halogens is 3. The molecule has 0 radical (unpaired) electrons. The Morgan fingerprint density at radius 2 is 1.95 bits per heavy atom. The Hall–Kier alpha value is -1.42. The fourth-order valence-electron chi connectivity index (χ4n) is 1.83. The maximum Gasteiger partial charge on any atom is 0.0842 e. The van der Waals surface area contributed by atoms with Crippen molar-refractivity contribution < 1.29 is 0 Å². The number of nitrogen functional groups attached to an aromatic ring is 1. The van der Waals surface area contributed by atoms with Crippen molar-refractivity contribution in [2.24, 2.45) is 5.10 Å². The van der Waals surface area contributed by atoms with Crippen molar-refractivity contribution in [3.8, 4) is 0 Å². The summed E-state index contributed by atoms with van der Waals surface area (Å²) in [7, 11) is 0. The minimum absolute atomic E-state index is 0.428. The van der Waals surface area contributed by atoms with Crippen LogP contribution in [-0.2, 0) is 0 Å². The zero-order valence-electron chi connectivity index (χ0n) is 11.3. The Labute approximate surface area is 138 Å². The van der Waals surface area contributed by atoms with Gasteiger partial charge in [-0.25, -0.2) is 0 Å². The first-order chi connectivity index (χ1) is 10.0. The molecule has 0 saturated heterocycles. The summed E-state index contributed by atoms with van der Waals surface area (Å²) in [5, 5.41) is 5.88. The van der Waals surface area contributed by atoms with Crippen molar-refractivity contribution in [2.45, 2.75) is 13.3 Å². The van der Waals surface area contributed by atoms with E-state index in [0.29, 0.717) is 32.9 Å². The average Bonchev–Trinajstić information content (AvgIpc) is 2.47.